The van der Waals surface area contributed by atoms with Gasteiger partial charge in [0.1, 0.15) is 12.2 Å². The van der Waals surface area contributed by atoms with Crippen molar-refractivity contribution >= 4 is 5.69 Å². The van der Waals surface area contributed by atoms with Gasteiger partial charge in [0.05, 0.1) is 10.6 Å². The minimum Gasteiger partial charge on any atom is -0.258 e. The maximum atomic E-state index is 10.7. The van der Waals surface area contributed by atoms with Gasteiger partial charge in [-0.1, -0.05) is 13.0 Å². The van der Waals surface area contributed by atoms with E-state index in [1.54, 1.807) is 24.0 Å². The second-order valence-electron chi connectivity index (χ2n) is 3.66. The summed E-state index contributed by atoms with van der Waals surface area (Å²) in [5.74, 6) is 0.638. The minimum absolute atomic E-state index is 0.0605. The highest BCUT2D eigenvalue weighted by Crippen LogP contribution is 2.21. The Morgan fingerprint density at radius 1 is 1.47 bits per heavy atom. The van der Waals surface area contributed by atoms with Gasteiger partial charge in [-0.3, -0.25) is 10.1 Å². The Kier molecular flexibility index (Phi) is 2.86. The van der Waals surface area contributed by atoms with Crippen LogP contribution in [-0.4, -0.2) is 19.7 Å². The van der Waals surface area contributed by atoms with Crippen LogP contribution in [0.3, 0.4) is 0 Å². The van der Waals surface area contributed by atoms with Gasteiger partial charge in [-0.2, -0.15) is 5.10 Å². The molecule has 0 aliphatic carbocycles. The molecule has 1 aromatic carbocycles. The molecule has 0 spiro atoms. The molecule has 1 heterocycles. The summed E-state index contributed by atoms with van der Waals surface area (Å²) in [7, 11) is 0. The van der Waals surface area contributed by atoms with Gasteiger partial charge in [-0.05, 0) is 18.9 Å². The van der Waals surface area contributed by atoms with Crippen molar-refractivity contribution in [3.63, 3.8) is 0 Å². The molecule has 0 N–H and O–H groups in total. The van der Waals surface area contributed by atoms with Gasteiger partial charge in [0.25, 0.3) is 5.69 Å². The fraction of sp³-hybridized carbons (Fsp3) is 0.273. The first-order valence-electron chi connectivity index (χ1n) is 5.27. The monoisotopic (exact) mass is 232 g/mol. The first-order chi connectivity index (χ1) is 8.11. The van der Waals surface area contributed by atoms with Crippen molar-refractivity contribution in [2.24, 2.45) is 0 Å². The van der Waals surface area contributed by atoms with Crippen molar-refractivity contribution in [1.29, 1.82) is 0 Å². The molecule has 2 rings (SSSR count). The molecule has 2 aromatic rings. The molecule has 0 fully saturated rings. The SMILES string of the molecule is CCc1ccc([N+](=O)[O-])cc1-n1cnc(C)n1. The van der Waals surface area contributed by atoms with Gasteiger partial charge in [0, 0.05) is 12.1 Å². The fourth-order valence-electron chi connectivity index (χ4n) is 1.64. The van der Waals surface area contributed by atoms with Gasteiger partial charge in [0.15, 0.2) is 0 Å². The molecule has 0 saturated carbocycles. The van der Waals surface area contributed by atoms with Gasteiger partial charge in [-0.25, -0.2) is 9.67 Å². The summed E-state index contributed by atoms with van der Waals surface area (Å²) in [5, 5.41) is 14.9. The largest absolute Gasteiger partial charge is 0.271 e. The maximum absolute atomic E-state index is 10.7. The summed E-state index contributed by atoms with van der Waals surface area (Å²) in [4.78, 5) is 14.4. The lowest BCUT2D eigenvalue weighted by Crippen LogP contribution is -2.01. The number of rotatable bonds is 3. The van der Waals surface area contributed by atoms with Crippen LogP contribution in [0.2, 0.25) is 0 Å². The number of aromatic nitrogens is 3. The number of non-ortho nitro benzene ring substituents is 1. The Balaban J connectivity index is 2.57. The Bertz CT molecular complexity index is 562. The zero-order chi connectivity index (χ0) is 12.4. The van der Waals surface area contributed by atoms with E-state index in [0.717, 1.165) is 12.0 Å². The number of nitro benzene ring substituents is 1. The Morgan fingerprint density at radius 2 is 2.24 bits per heavy atom. The molecule has 6 nitrogen and oxygen atoms in total. The van der Waals surface area contributed by atoms with E-state index in [0.29, 0.717) is 11.5 Å². The first kappa shape index (κ1) is 11.3. The number of hydrogen-bond donors (Lipinski definition) is 0. The summed E-state index contributed by atoms with van der Waals surface area (Å²) < 4.78 is 1.57. The normalized spacial score (nSPS) is 10.5. The van der Waals surface area contributed by atoms with Crippen LogP contribution in [0.5, 0.6) is 0 Å². The van der Waals surface area contributed by atoms with Crippen LogP contribution in [0.4, 0.5) is 5.69 Å². The zero-order valence-electron chi connectivity index (χ0n) is 9.62. The number of nitrogens with zero attached hydrogens (tertiary/aromatic N) is 4. The van der Waals surface area contributed by atoms with Gasteiger partial charge >= 0.3 is 0 Å². The number of aryl methyl sites for hydroxylation is 2. The standard InChI is InChI=1S/C11H12N4O2/c1-3-9-4-5-10(15(16)17)6-11(9)14-7-12-8(2)13-14/h4-7H,3H2,1-2H3. The first-order valence-corrected chi connectivity index (χ1v) is 5.27. The molecule has 17 heavy (non-hydrogen) atoms. The highest BCUT2D eigenvalue weighted by atomic mass is 16.6. The third kappa shape index (κ3) is 2.15. The Hall–Kier alpha value is -2.24. The van der Waals surface area contributed by atoms with Crippen LogP contribution in [0.1, 0.15) is 18.3 Å². The third-order valence-corrected chi connectivity index (χ3v) is 2.51. The van der Waals surface area contributed by atoms with E-state index in [9.17, 15) is 10.1 Å². The summed E-state index contributed by atoms with van der Waals surface area (Å²) in [6, 6.07) is 4.78. The van der Waals surface area contributed by atoms with Crippen molar-refractivity contribution in [1.82, 2.24) is 14.8 Å². The third-order valence-electron chi connectivity index (χ3n) is 2.51. The molecule has 0 unspecified atom stereocenters. The van der Waals surface area contributed by atoms with E-state index in [4.69, 9.17) is 0 Å². The number of hydrogen-bond acceptors (Lipinski definition) is 4. The minimum atomic E-state index is -0.410. The molecule has 0 aliphatic rings. The fourth-order valence-corrected chi connectivity index (χ4v) is 1.64. The van der Waals surface area contributed by atoms with Gasteiger partial charge < -0.3 is 0 Å². The molecule has 6 heteroatoms. The number of benzene rings is 1. The predicted molar refractivity (Wildman–Crippen MR) is 62.1 cm³/mol. The average Bonchev–Trinajstić information content (AvgIpc) is 2.74. The summed E-state index contributed by atoms with van der Waals surface area (Å²) in [6.07, 6.45) is 2.35. The van der Waals surface area contributed by atoms with E-state index >= 15 is 0 Å². The molecule has 0 aliphatic heterocycles. The van der Waals surface area contributed by atoms with E-state index in [1.807, 2.05) is 6.92 Å². The van der Waals surface area contributed by atoms with Crippen molar-refractivity contribution in [2.75, 3.05) is 0 Å². The lowest BCUT2D eigenvalue weighted by atomic mass is 10.1. The second-order valence-corrected chi connectivity index (χ2v) is 3.66. The predicted octanol–water partition coefficient (Wildman–Crippen LogP) is 2.05. The summed E-state index contributed by atoms with van der Waals surface area (Å²) >= 11 is 0. The molecule has 88 valence electrons. The van der Waals surface area contributed by atoms with Crippen molar-refractivity contribution < 1.29 is 4.92 Å². The molecular formula is C11H12N4O2. The van der Waals surface area contributed by atoms with Crippen LogP contribution in [-0.2, 0) is 6.42 Å². The van der Waals surface area contributed by atoms with Crippen molar-refractivity contribution in [3.05, 3.63) is 46.0 Å². The Morgan fingerprint density at radius 3 is 2.76 bits per heavy atom. The molecule has 1 aromatic heterocycles. The zero-order valence-corrected chi connectivity index (χ0v) is 9.62. The van der Waals surface area contributed by atoms with Crippen LogP contribution in [0.25, 0.3) is 5.69 Å². The lowest BCUT2D eigenvalue weighted by molar-refractivity contribution is -0.384. The lowest BCUT2D eigenvalue weighted by Gasteiger charge is -2.06. The average molecular weight is 232 g/mol. The second kappa shape index (κ2) is 4.32. The van der Waals surface area contributed by atoms with Crippen LogP contribution in [0.15, 0.2) is 24.5 Å². The Labute approximate surface area is 98.1 Å². The van der Waals surface area contributed by atoms with Crippen LogP contribution in [0, 0.1) is 17.0 Å². The van der Waals surface area contributed by atoms with Crippen molar-refractivity contribution in [2.45, 2.75) is 20.3 Å². The van der Waals surface area contributed by atoms with E-state index in [1.165, 1.54) is 12.1 Å². The van der Waals surface area contributed by atoms with Gasteiger partial charge in [0.2, 0.25) is 0 Å². The smallest absolute Gasteiger partial charge is 0.258 e. The molecular weight excluding hydrogens is 220 g/mol. The van der Waals surface area contributed by atoms with Crippen molar-refractivity contribution in [3.8, 4) is 5.69 Å². The molecule has 0 atom stereocenters. The van der Waals surface area contributed by atoms with Gasteiger partial charge in [-0.15, -0.1) is 0 Å². The highest BCUT2D eigenvalue weighted by Gasteiger charge is 2.12. The molecule has 0 bridgehead atoms. The van der Waals surface area contributed by atoms with E-state index < -0.39 is 4.92 Å². The maximum Gasteiger partial charge on any atom is 0.271 e. The molecule has 0 amide bonds. The highest BCUT2D eigenvalue weighted by molar-refractivity contribution is 5.48. The van der Waals surface area contributed by atoms with Crippen LogP contribution < -0.4 is 0 Å². The summed E-state index contributed by atoms with van der Waals surface area (Å²) in [6.45, 7) is 3.77. The quantitative estimate of drug-likeness (QED) is 0.599. The molecule has 0 saturated heterocycles. The topological polar surface area (TPSA) is 73.8 Å². The summed E-state index contributed by atoms with van der Waals surface area (Å²) in [5.41, 5.74) is 1.77. The van der Waals surface area contributed by atoms with E-state index in [2.05, 4.69) is 10.1 Å². The van der Waals surface area contributed by atoms with E-state index in [-0.39, 0.29) is 5.69 Å². The van der Waals surface area contributed by atoms with Crippen LogP contribution >= 0.6 is 0 Å². The molecule has 0 radical (unpaired) electrons. The number of nitro groups is 1.